The zero-order valence-corrected chi connectivity index (χ0v) is 16.9. The van der Waals surface area contributed by atoms with Gasteiger partial charge in [0.2, 0.25) is 0 Å². The highest BCUT2D eigenvalue weighted by atomic mass is 32.1. The molecule has 0 radical (unpaired) electrons. The van der Waals surface area contributed by atoms with Gasteiger partial charge in [-0.1, -0.05) is 42.8 Å². The van der Waals surface area contributed by atoms with Gasteiger partial charge in [0.1, 0.15) is 0 Å². The number of aromatic nitrogens is 2. The summed E-state index contributed by atoms with van der Waals surface area (Å²) in [4.78, 5) is 28.4. The molecule has 1 amide bonds. The number of amides is 1. The molecule has 3 heterocycles. The van der Waals surface area contributed by atoms with Crippen LogP contribution in [0.3, 0.4) is 0 Å². The molecule has 1 saturated carbocycles. The summed E-state index contributed by atoms with van der Waals surface area (Å²) in [6.07, 6.45) is 3.21. The summed E-state index contributed by atoms with van der Waals surface area (Å²) in [5.74, 6) is 0.652. The van der Waals surface area contributed by atoms with Gasteiger partial charge in [0.15, 0.2) is 0 Å². The molecule has 0 N–H and O–H groups in total. The van der Waals surface area contributed by atoms with E-state index in [-0.39, 0.29) is 29.3 Å². The first-order chi connectivity index (χ1) is 14.2. The third-order valence-corrected chi connectivity index (χ3v) is 7.08. The van der Waals surface area contributed by atoms with Gasteiger partial charge in [0, 0.05) is 24.7 Å². The lowest BCUT2D eigenvalue weighted by Crippen LogP contribution is -2.53. The van der Waals surface area contributed by atoms with Crippen molar-refractivity contribution in [3.05, 3.63) is 75.2 Å². The summed E-state index contributed by atoms with van der Waals surface area (Å²) in [7, 11) is 0. The maximum atomic E-state index is 12.9. The van der Waals surface area contributed by atoms with Crippen LogP contribution in [0.5, 0.6) is 0 Å². The molecule has 1 aliphatic carbocycles. The van der Waals surface area contributed by atoms with E-state index in [1.54, 1.807) is 16.8 Å². The van der Waals surface area contributed by atoms with Crippen molar-refractivity contribution in [1.82, 2.24) is 14.7 Å². The van der Waals surface area contributed by atoms with E-state index >= 15 is 0 Å². The summed E-state index contributed by atoms with van der Waals surface area (Å²) in [5, 5.41) is 6.72. The summed E-state index contributed by atoms with van der Waals surface area (Å²) in [5.41, 5.74) is 1.78. The average molecular weight is 406 g/mol. The normalized spacial score (nSPS) is 23.7. The van der Waals surface area contributed by atoms with Gasteiger partial charge in [-0.25, -0.2) is 4.68 Å². The average Bonchev–Trinajstić information content (AvgIpc) is 3.28. The van der Waals surface area contributed by atoms with Crippen molar-refractivity contribution in [2.45, 2.75) is 25.3 Å². The second-order valence-corrected chi connectivity index (χ2v) is 8.94. The van der Waals surface area contributed by atoms with Crippen LogP contribution in [0.25, 0.3) is 11.3 Å². The van der Waals surface area contributed by atoms with E-state index < -0.39 is 0 Å². The lowest BCUT2D eigenvalue weighted by molar-refractivity contribution is 0.0199. The Morgan fingerprint density at radius 3 is 2.41 bits per heavy atom. The topological polar surface area (TPSA) is 55.2 Å². The SMILES string of the molecule is O=C(c1cccs1)N1C[C@H]2CCC[C@H](C1)C2n1nc(-c2ccccc2)ccc1=O. The molecule has 2 aliphatic rings. The Morgan fingerprint density at radius 1 is 0.966 bits per heavy atom. The van der Waals surface area contributed by atoms with Crippen molar-refractivity contribution in [3.8, 4) is 11.3 Å². The van der Waals surface area contributed by atoms with Crippen LogP contribution < -0.4 is 5.56 Å². The van der Waals surface area contributed by atoms with Crippen LogP contribution in [-0.2, 0) is 0 Å². The van der Waals surface area contributed by atoms with Crippen LogP contribution in [0.1, 0.15) is 35.0 Å². The number of hydrogen-bond donors (Lipinski definition) is 0. The number of rotatable bonds is 3. The van der Waals surface area contributed by atoms with E-state index in [0.717, 1.165) is 35.4 Å². The predicted octanol–water partition coefficient (Wildman–Crippen LogP) is 4.09. The van der Waals surface area contributed by atoms with Crippen molar-refractivity contribution in [3.63, 3.8) is 0 Å². The highest BCUT2D eigenvalue weighted by molar-refractivity contribution is 7.12. The predicted molar refractivity (Wildman–Crippen MR) is 114 cm³/mol. The molecule has 1 saturated heterocycles. The minimum absolute atomic E-state index is 0.0513. The molecular formula is C23H23N3O2S. The Hall–Kier alpha value is -2.73. The van der Waals surface area contributed by atoms with E-state index in [4.69, 9.17) is 5.10 Å². The molecule has 5 nitrogen and oxygen atoms in total. The van der Waals surface area contributed by atoms with Crippen LogP contribution in [-0.4, -0.2) is 33.7 Å². The lowest BCUT2D eigenvalue weighted by Gasteiger charge is -2.47. The third kappa shape index (κ3) is 3.42. The quantitative estimate of drug-likeness (QED) is 0.660. The van der Waals surface area contributed by atoms with E-state index in [1.165, 1.54) is 11.3 Å². The molecule has 1 aromatic carbocycles. The monoisotopic (exact) mass is 405 g/mol. The zero-order valence-electron chi connectivity index (χ0n) is 16.1. The number of carbonyl (C=O) groups is 1. The number of hydrogen-bond acceptors (Lipinski definition) is 4. The summed E-state index contributed by atoms with van der Waals surface area (Å²) < 4.78 is 1.71. The molecule has 0 spiro atoms. The second-order valence-electron chi connectivity index (χ2n) is 8.00. The minimum Gasteiger partial charge on any atom is -0.337 e. The number of piperidine rings is 1. The maximum Gasteiger partial charge on any atom is 0.267 e. The number of carbonyl (C=O) groups excluding carboxylic acids is 1. The Bertz CT molecular complexity index is 1050. The van der Waals surface area contributed by atoms with Gasteiger partial charge in [-0.15, -0.1) is 11.3 Å². The minimum atomic E-state index is -0.0513. The standard InChI is InChI=1S/C23H23N3O2S/c27-21-12-11-19(16-6-2-1-3-7-16)24-26(21)22-17-8-4-9-18(22)15-25(14-17)23(28)20-10-5-13-29-20/h1-3,5-7,10-13,17-18,22H,4,8-9,14-15H2/t17-,18-/m1/s1. The first-order valence-corrected chi connectivity index (χ1v) is 11.1. The zero-order chi connectivity index (χ0) is 19.8. The van der Waals surface area contributed by atoms with Gasteiger partial charge in [-0.2, -0.15) is 5.10 Å². The van der Waals surface area contributed by atoms with Crippen molar-refractivity contribution in [2.75, 3.05) is 13.1 Å². The molecule has 29 heavy (non-hydrogen) atoms. The Kier molecular flexibility index (Phi) is 4.79. The highest BCUT2D eigenvalue weighted by Gasteiger charge is 2.43. The van der Waals surface area contributed by atoms with E-state index in [1.807, 2.05) is 52.7 Å². The molecule has 2 atom stereocenters. The molecule has 2 fully saturated rings. The number of nitrogens with zero attached hydrogens (tertiary/aromatic N) is 3. The van der Waals surface area contributed by atoms with Crippen LogP contribution >= 0.6 is 11.3 Å². The number of fused-ring (bicyclic) bond motifs is 2. The Morgan fingerprint density at radius 2 is 1.72 bits per heavy atom. The molecule has 2 aromatic heterocycles. The smallest absolute Gasteiger partial charge is 0.267 e. The molecule has 5 rings (SSSR count). The van der Waals surface area contributed by atoms with Gasteiger partial charge < -0.3 is 4.90 Å². The summed E-state index contributed by atoms with van der Waals surface area (Å²) >= 11 is 1.49. The first-order valence-electron chi connectivity index (χ1n) is 10.2. The van der Waals surface area contributed by atoms with Crippen LogP contribution in [0.4, 0.5) is 0 Å². The van der Waals surface area contributed by atoms with Crippen molar-refractivity contribution in [1.29, 1.82) is 0 Å². The van der Waals surface area contributed by atoms with Gasteiger partial charge >= 0.3 is 0 Å². The molecule has 3 aromatic rings. The third-order valence-electron chi connectivity index (χ3n) is 6.22. The van der Waals surface area contributed by atoms with Gasteiger partial charge in [0.25, 0.3) is 11.5 Å². The number of likely N-dealkylation sites (tertiary alicyclic amines) is 1. The van der Waals surface area contributed by atoms with Gasteiger partial charge in [0.05, 0.1) is 16.6 Å². The Balaban J connectivity index is 1.46. The fraction of sp³-hybridized carbons (Fsp3) is 0.348. The second kappa shape index (κ2) is 7.59. The van der Waals surface area contributed by atoms with Crippen molar-refractivity contribution < 1.29 is 4.79 Å². The lowest BCUT2D eigenvalue weighted by atomic mass is 9.73. The van der Waals surface area contributed by atoms with Gasteiger partial charge in [-0.3, -0.25) is 9.59 Å². The van der Waals surface area contributed by atoms with Crippen LogP contribution in [0, 0.1) is 11.8 Å². The summed E-state index contributed by atoms with van der Waals surface area (Å²) in [6, 6.07) is 17.3. The first kappa shape index (κ1) is 18.3. The fourth-order valence-corrected chi connectivity index (χ4v) is 5.62. The molecule has 1 aliphatic heterocycles. The van der Waals surface area contributed by atoms with Gasteiger partial charge in [-0.05, 0) is 42.2 Å². The molecule has 148 valence electrons. The van der Waals surface area contributed by atoms with Crippen molar-refractivity contribution in [2.24, 2.45) is 11.8 Å². The molecule has 2 bridgehead atoms. The number of thiophene rings is 1. The maximum absolute atomic E-state index is 12.9. The van der Waals surface area contributed by atoms with Crippen LogP contribution in [0.15, 0.2) is 64.8 Å². The Labute approximate surface area is 173 Å². The molecule has 0 unspecified atom stereocenters. The van der Waals surface area contributed by atoms with Crippen molar-refractivity contribution >= 4 is 17.2 Å². The number of benzene rings is 1. The van der Waals surface area contributed by atoms with E-state index in [9.17, 15) is 9.59 Å². The van der Waals surface area contributed by atoms with E-state index in [0.29, 0.717) is 13.1 Å². The van der Waals surface area contributed by atoms with Crippen LogP contribution in [0.2, 0.25) is 0 Å². The fourth-order valence-electron chi connectivity index (χ4n) is 4.93. The highest BCUT2D eigenvalue weighted by Crippen LogP contribution is 2.42. The molecule has 6 heteroatoms. The largest absolute Gasteiger partial charge is 0.337 e. The van der Waals surface area contributed by atoms with E-state index in [2.05, 4.69) is 0 Å². The molecular weight excluding hydrogens is 382 g/mol. The summed E-state index contributed by atoms with van der Waals surface area (Å²) in [6.45, 7) is 1.39.